The number of halogens is 3. The zero-order chi connectivity index (χ0) is 20.0. The van der Waals surface area contributed by atoms with Crippen molar-refractivity contribution in [2.45, 2.75) is 6.18 Å². The second-order valence-electron chi connectivity index (χ2n) is 5.89. The molecule has 0 N–H and O–H groups in total. The Balaban J connectivity index is 2.14. The van der Waals surface area contributed by atoms with Crippen LogP contribution in [0.4, 0.5) is 13.2 Å². The van der Waals surface area contributed by atoms with Gasteiger partial charge in [-0.3, -0.25) is 9.59 Å². The largest absolute Gasteiger partial charge is 0.484 e. The van der Waals surface area contributed by atoms with E-state index in [4.69, 9.17) is 4.74 Å². The monoisotopic (exact) mass is 377 g/mol. The molecule has 1 amide bonds. The normalized spacial score (nSPS) is 11.4. The van der Waals surface area contributed by atoms with E-state index in [1.54, 1.807) is 26.2 Å². The van der Waals surface area contributed by atoms with E-state index in [2.05, 4.69) is 0 Å². The summed E-state index contributed by atoms with van der Waals surface area (Å²) in [5.41, 5.74) is -0.666. The molecule has 2 aromatic carbocycles. The number of hydrogen-bond acceptors (Lipinski definition) is 3. The fourth-order valence-electron chi connectivity index (χ4n) is 2.18. The third-order valence-electron chi connectivity index (χ3n) is 3.66. The molecule has 2 aromatic rings. The molecular weight excluding hydrogens is 359 g/mol. The highest BCUT2D eigenvalue weighted by Crippen LogP contribution is 2.32. The second-order valence-corrected chi connectivity index (χ2v) is 5.89. The van der Waals surface area contributed by atoms with E-state index in [1.165, 1.54) is 35.2 Å². The summed E-state index contributed by atoms with van der Waals surface area (Å²) in [6.45, 7) is -0.181. The van der Waals surface area contributed by atoms with Crippen molar-refractivity contribution in [3.8, 4) is 5.75 Å². The molecule has 0 aliphatic carbocycles. The summed E-state index contributed by atoms with van der Waals surface area (Å²) in [4.78, 5) is 25.2. The maximum atomic E-state index is 13.0. The van der Waals surface area contributed by atoms with Crippen molar-refractivity contribution >= 4 is 17.8 Å². The van der Waals surface area contributed by atoms with Gasteiger partial charge in [0, 0.05) is 19.7 Å². The van der Waals surface area contributed by atoms with Crippen LogP contribution in [-0.4, -0.2) is 37.3 Å². The Labute approximate surface area is 154 Å². The van der Waals surface area contributed by atoms with Gasteiger partial charge in [-0.15, -0.1) is 0 Å². The number of likely N-dealkylation sites (N-methyl/N-ethyl adjacent to an activating group) is 1. The number of carbonyl (C=O) groups excluding carboxylic acids is 2. The maximum absolute atomic E-state index is 13.0. The predicted molar refractivity (Wildman–Crippen MR) is 95.4 cm³/mol. The van der Waals surface area contributed by atoms with Crippen LogP contribution in [0.25, 0.3) is 6.08 Å². The van der Waals surface area contributed by atoms with Crippen LogP contribution in [0.5, 0.6) is 5.75 Å². The number of carbonyl (C=O) groups is 2. The second kappa shape index (κ2) is 8.53. The molecule has 27 heavy (non-hydrogen) atoms. The van der Waals surface area contributed by atoms with E-state index >= 15 is 0 Å². The third kappa shape index (κ3) is 5.70. The molecule has 0 fully saturated rings. The Bertz CT molecular complexity index is 858. The third-order valence-corrected chi connectivity index (χ3v) is 3.66. The van der Waals surface area contributed by atoms with Crippen molar-refractivity contribution in [3.63, 3.8) is 0 Å². The SMILES string of the molecule is CN(C)C(=O)COc1cccc(C(=O)C=Cc2ccccc2C(F)(F)F)c1. The molecule has 2 rings (SSSR count). The summed E-state index contributed by atoms with van der Waals surface area (Å²) in [5.74, 6) is -0.396. The van der Waals surface area contributed by atoms with E-state index in [1.807, 2.05) is 0 Å². The van der Waals surface area contributed by atoms with Crippen molar-refractivity contribution in [2.24, 2.45) is 0 Å². The van der Waals surface area contributed by atoms with Crippen LogP contribution in [0.2, 0.25) is 0 Å². The van der Waals surface area contributed by atoms with Crippen LogP contribution in [0, 0.1) is 0 Å². The molecule has 0 saturated heterocycles. The minimum atomic E-state index is -4.50. The number of benzene rings is 2. The molecule has 0 bridgehead atoms. The van der Waals surface area contributed by atoms with Gasteiger partial charge in [-0.2, -0.15) is 13.2 Å². The fraction of sp³-hybridized carbons (Fsp3) is 0.200. The summed E-state index contributed by atoms with van der Waals surface area (Å²) in [6.07, 6.45) is -2.29. The minimum Gasteiger partial charge on any atom is -0.484 e. The Morgan fingerprint density at radius 3 is 2.44 bits per heavy atom. The first-order valence-electron chi connectivity index (χ1n) is 8.00. The molecule has 0 unspecified atom stereocenters. The van der Waals surface area contributed by atoms with Crippen LogP contribution in [-0.2, 0) is 11.0 Å². The zero-order valence-electron chi connectivity index (χ0n) is 14.8. The number of amides is 1. The first-order chi connectivity index (χ1) is 12.7. The average molecular weight is 377 g/mol. The molecular formula is C20H18F3NO3. The molecule has 0 aliphatic rings. The van der Waals surface area contributed by atoms with E-state index in [9.17, 15) is 22.8 Å². The van der Waals surface area contributed by atoms with Crippen LogP contribution in [0.1, 0.15) is 21.5 Å². The number of hydrogen-bond donors (Lipinski definition) is 0. The van der Waals surface area contributed by atoms with Gasteiger partial charge in [0.2, 0.25) is 0 Å². The molecule has 0 radical (unpaired) electrons. The summed E-state index contributed by atoms with van der Waals surface area (Å²) >= 11 is 0. The zero-order valence-corrected chi connectivity index (χ0v) is 14.8. The highest BCUT2D eigenvalue weighted by Gasteiger charge is 2.32. The summed E-state index contributed by atoms with van der Waals surface area (Å²) in [6, 6.07) is 11.1. The number of nitrogens with zero attached hydrogens (tertiary/aromatic N) is 1. The smallest absolute Gasteiger partial charge is 0.416 e. The molecule has 0 aliphatic heterocycles. The highest BCUT2D eigenvalue weighted by molar-refractivity contribution is 6.07. The Kier molecular flexibility index (Phi) is 6.39. The first-order valence-corrected chi connectivity index (χ1v) is 8.00. The van der Waals surface area contributed by atoms with Gasteiger partial charge in [-0.25, -0.2) is 0 Å². The van der Waals surface area contributed by atoms with Crippen molar-refractivity contribution in [1.29, 1.82) is 0 Å². The van der Waals surface area contributed by atoms with Crippen molar-refractivity contribution in [2.75, 3.05) is 20.7 Å². The van der Waals surface area contributed by atoms with E-state index in [0.717, 1.165) is 18.2 Å². The quantitative estimate of drug-likeness (QED) is 0.563. The van der Waals surface area contributed by atoms with Gasteiger partial charge < -0.3 is 9.64 Å². The van der Waals surface area contributed by atoms with Crippen molar-refractivity contribution < 1.29 is 27.5 Å². The van der Waals surface area contributed by atoms with Crippen molar-refractivity contribution in [1.82, 2.24) is 4.90 Å². The number of ketones is 1. The standard InChI is InChI=1S/C20H18F3NO3/c1-24(2)19(26)13-27-16-8-5-7-15(12-16)18(25)11-10-14-6-3-4-9-17(14)20(21,22)23/h3-12H,13H2,1-2H3. The Hall–Kier alpha value is -3.09. The lowest BCUT2D eigenvalue weighted by Gasteiger charge is -2.11. The lowest BCUT2D eigenvalue weighted by molar-refractivity contribution is -0.137. The van der Waals surface area contributed by atoms with Gasteiger partial charge >= 0.3 is 6.18 Å². The molecule has 4 nitrogen and oxygen atoms in total. The summed E-state index contributed by atoms with van der Waals surface area (Å²) in [5, 5.41) is 0. The lowest BCUT2D eigenvalue weighted by Crippen LogP contribution is -2.27. The molecule has 0 aromatic heterocycles. The molecule has 7 heteroatoms. The van der Waals surface area contributed by atoms with Crippen LogP contribution >= 0.6 is 0 Å². The number of allylic oxidation sites excluding steroid dienone is 1. The topological polar surface area (TPSA) is 46.6 Å². The van der Waals surface area contributed by atoms with Crippen LogP contribution in [0.3, 0.4) is 0 Å². The number of ether oxygens (including phenoxy) is 1. The van der Waals surface area contributed by atoms with Crippen LogP contribution in [0.15, 0.2) is 54.6 Å². The summed E-state index contributed by atoms with van der Waals surface area (Å²) in [7, 11) is 3.18. The lowest BCUT2D eigenvalue weighted by atomic mass is 10.0. The van der Waals surface area contributed by atoms with E-state index < -0.39 is 17.5 Å². The van der Waals surface area contributed by atoms with E-state index in [-0.39, 0.29) is 23.6 Å². The predicted octanol–water partition coefficient (Wildman–Crippen LogP) is 4.07. The molecule has 0 saturated carbocycles. The number of rotatable bonds is 6. The molecule has 0 atom stereocenters. The van der Waals surface area contributed by atoms with Gasteiger partial charge in [0.25, 0.3) is 5.91 Å². The van der Waals surface area contributed by atoms with Gasteiger partial charge in [0.1, 0.15) is 5.75 Å². The fourth-order valence-corrected chi connectivity index (χ4v) is 2.18. The maximum Gasteiger partial charge on any atom is 0.416 e. The Morgan fingerprint density at radius 1 is 1.07 bits per heavy atom. The van der Waals surface area contributed by atoms with Gasteiger partial charge in [-0.05, 0) is 29.8 Å². The van der Waals surface area contributed by atoms with E-state index in [0.29, 0.717) is 5.75 Å². The van der Waals surface area contributed by atoms with Gasteiger partial charge in [0.05, 0.1) is 5.56 Å². The average Bonchev–Trinajstić information content (AvgIpc) is 2.63. The number of alkyl halides is 3. The highest BCUT2D eigenvalue weighted by atomic mass is 19.4. The summed E-state index contributed by atoms with van der Waals surface area (Å²) < 4.78 is 44.3. The van der Waals surface area contributed by atoms with Gasteiger partial charge in [0.15, 0.2) is 12.4 Å². The van der Waals surface area contributed by atoms with Crippen LogP contribution < -0.4 is 4.74 Å². The molecule has 142 valence electrons. The molecule has 0 heterocycles. The van der Waals surface area contributed by atoms with Gasteiger partial charge in [-0.1, -0.05) is 36.4 Å². The first kappa shape index (κ1) is 20.2. The minimum absolute atomic E-state index is 0.0951. The molecule has 0 spiro atoms. The Morgan fingerprint density at radius 2 is 1.78 bits per heavy atom. The van der Waals surface area contributed by atoms with Crippen molar-refractivity contribution in [3.05, 3.63) is 71.3 Å².